The molecule has 0 spiro atoms. The average Bonchev–Trinajstić information content (AvgIpc) is 2.90. The van der Waals surface area contributed by atoms with Crippen molar-refractivity contribution in [2.24, 2.45) is 0 Å². The molecule has 0 saturated carbocycles. The normalized spacial score (nSPS) is 26.1. The molecule has 4 atom stereocenters. The van der Waals surface area contributed by atoms with Crippen LogP contribution in [-0.4, -0.2) is 41.4 Å². The van der Waals surface area contributed by atoms with E-state index in [9.17, 15) is 8.42 Å². The van der Waals surface area contributed by atoms with Crippen molar-refractivity contribution in [3.63, 3.8) is 0 Å². The SMILES string of the molecule is CC[Si](CC)(CC)/C(=C/[C@H]1CC[C@@H]2OC(c3ccccc3)OC[C@H]2O1)S(=O)(=O)c1ccccc1. The van der Waals surface area contributed by atoms with Crippen molar-refractivity contribution in [1.29, 1.82) is 0 Å². The minimum absolute atomic E-state index is 0.0525. The summed E-state index contributed by atoms with van der Waals surface area (Å²) in [6.07, 6.45) is 2.61. The second-order valence-electron chi connectivity index (χ2n) is 9.23. The van der Waals surface area contributed by atoms with Crippen LogP contribution in [0.15, 0.2) is 76.2 Å². The molecule has 7 heteroatoms. The van der Waals surface area contributed by atoms with E-state index in [0.29, 0.717) is 16.0 Å². The van der Waals surface area contributed by atoms with E-state index in [1.165, 1.54) is 0 Å². The van der Waals surface area contributed by atoms with Gasteiger partial charge in [0.2, 0.25) is 0 Å². The van der Waals surface area contributed by atoms with Crippen LogP contribution in [0.3, 0.4) is 0 Å². The molecule has 0 aromatic heterocycles. The van der Waals surface area contributed by atoms with Crippen LogP contribution in [-0.2, 0) is 24.0 Å². The summed E-state index contributed by atoms with van der Waals surface area (Å²) in [6.45, 7) is 6.85. The molecule has 2 saturated heterocycles. The fourth-order valence-corrected chi connectivity index (χ4v) is 13.3. The van der Waals surface area contributed by atoms with E-state index in [1.807, 2.05) is 42.5 Å². The minimum atomic E-state index is -3.59. The topological polar surface area (TPSA) is 61.8 Å². The molecule has 5 nitrogen and oxygen atoms in total. The first-order chi connectivity index (χ1) is 16.4. The number of benzene rings is 2. The first-order valence-electron chi connectivity index (χ1n) is 12.4. The molecule has 0 amide bonds. The number of ether oxygens (including phenoxy) is 3. The third kappa shape index (κ3) is 5.09. The Morgan fingerprint density at radius 2 is 1.50 bits per heavy atom. The molecule has 2 aromatic carbocycles. The minimum Gasteiger partial charge on any atom is -0.366 e. The summed E-state index contributed by atoms with van der Waals surface area (Å²) >= 11 is 0. The first-order valence-corrected chi connectivity index (χ1v) is 16.5. The van der Waals surface area contributed by atoms with Crippen LogP contribution in [0.1, 0.15) is 45.5 Å². The van der Waals surface area contributed by atoms with Crippen LogP contribution in [0.25, 0.3) is 0 Å². The van der Waals surface area contributed by atoms with Gasteiger partial charge < -0.3 is 14.2 Å². The molecule has 184 valence electrons. The van der Waals surface area contributed by atoms with E-state index in [2.05, 4.69) is 20.8 Å². The van der Waals surface area contributed by atoms with Gasteiger partial charge in [-0.05, 0) is 31.1 Å². The molecule has 0 aliphatic carbocycles. The van der Waals surface area contributed by atoms with Gasteiger partial charge in [-0.3, -0.25) is 0 Å². The smallest absolute Gasteiger partial charge is 0.198 e. The Hall–Kier alpha value is -1.77. The van der Waals surface area contributed by atoms with Crippen LogP contribution in [0.2, 0.25) is 18.1 Å². The van der Waals surface area contributed by atoms with Crippen molar-refractivity contribution in [2.45, 2.75) is 81.2 Å². The fraction of sp³-hybridized carbons (Fsp3) is 0.481. The largest absolute Gasteiger partial charge is 0.366 e. The van der Waals surface area contributed by atoms with Crippen molar-refractivity contribution in [2.75, 3.05) is 6.61 Å². The Labute approximate surface area is 205 Å². The van der Waals surface area contributed by atoms with Crippen molar-refractivity contribution >= 4 is 17.9 Å². The average molecular weight is 501 g/mol. The maximum Gasteiger partial charge on any atom is 0.198 e. The Morgan fingerprint density at radius 1 is 0.882 bits per heavy atom. The Morgan fingerprint density at radius 3 is 2.12 bits per heavy atom. The van der Waals surface area contributed by atoms with Crippen LogP contribution in [0.4, 0.5) is 0 Å². The zero-order valence-corrected chi connectivity index (χ0v) is 22.2. The fourth-order valence-electron chi connectivity index (χ4n) is 5.20. The summed E-state index contributed by atoms with van der Waals surface area (Å²) in [5.41, 5.74) is 1.00. The van der Waals surface area contributed by atoms with Gasteiger partial charge in [-0.15, -0.1) is 0 Å². The number of fused-ring (bicyclic) bond motifs is 1. The van der Waals surface area contributed by atoms with E-state index < -0.39 is 17.9 Å². The maximum absolute atomic E-state index is 13.9. The molecule has 34 heavy (non-hydrogen) atoms. The molecule has 2 aliphatic heterocycles. The summed E-state index contributed by atoms with van der Waals surface area (Å²) in [5.74, 6) is 0. The lowest BCUT2D eigenvalue weighted by atomic mass is 10.00. The number of rotatable bonds is 8. The summed E-state index contributed by atoms with van der Waals surface area (Å²) in [7, 11) is -5.81. The third-order valence-corrected chi connectivity index (χ3v) is 16.5. The second-order valence-corrected chi connectivity index (χ2v) is 16.7. The summed E-state index contributed by atoms with van der Waals surface area (Å²) in [5, 5.41) is 0. The van der Waals surface area contributed by atoms with Gasteiger partial charge >= 0.3 is 0 Å². The molecule has 2 fully saturated rings. The molecule has 2 aliphatic rings. The Bertz CT molecular complexity index is 1060. The zero-order chi connectivity index (χ0) is 24.2. The molecular weight excluding hydrogens is 464 g/mol. The molecule has 2 heterocycles. The van der Waals surface area contributed by atoms with E-state index in [-0.39, 0.29) is 24.6 Å². The van der Waals surface area contributed by atoms with E-state index in [1.54, 1.807) is 24.3 Å². The van der Waals surface area contributed by atoms with Crippen LogP contribution in [0.5, 0.6) is 0 Å². The van der Waals surface area contributed by atoms with Crippen LogP contribution < -0.4 is 0 Å². The molecule has 2 aromatic rings. The highest BCUT2D eigenvalue weighted by molar-refractivity contribution is 7.97. The van der Waals surface area contributed by atoms with Gasteiger partial charge in [-0.2, -0.15) is 0 Å². The number of sulfone groups is 1. The quantitative estimate of drug-likeness (QED) is 0.413. The molecule has 1 unspecified atom stereocenters. The first kappa shape index (κ1) is 25.3. The van der Waals surface area contributed by atoms with Gasteiger partial charge in [-0.1, -0.05) is 87.4 Å². The predicted molar refractivity (Wildman–Crippen MR) is 137 cm³/mol. The summed E-state index contributed by atoms with van der Waals surface area (Å²) in [4.78, 5) is 0.372. The third-order valence-electron chi connectivity index (χ3n) is 7.52. The number of hydrogen-bond acceptors (Lipinski definition) is 5. The van der Waals surface area contributed by atoms with Crippen molar-refractivity contribution in [3.05, 3.63) is 76.8 Å². The van der Waals surface area contributed by atoms with Crippen LogP contribution in [0, 0.1) is 0 Å². The van der Waals surface area contributed by atoms with Gasteiger partial charge in [0.25, 0.3) is 0 Å². The van der Waals surface area contributed by atoms with Crippen LogP contribution >= 0.6 is 0 Å². The lowest BCUT2D eigenvalue weighted by Gasteiger charge is -2.42. The highest BCUT2D eigenvalue weighted by Crippen LogP contribution is 2.39. The predicted octanol–water partition coefficient (Wildman–Crippen LogP) is 6.05. The van der Waals surface area contributed by atoms with Gasteiger partial charge in [0.05, 0.1) is 23.7 Å². The lowest BCUT2D eigenvalue weighted by molar-refractivity contribution is -0.284. The van der Waals surface area contributed by atoms with Gasteiger partial charge in [-0.25, -0.2) is 8.42 Å². The summed E-state index contributed by atoms with van der Waals surface area (Å²) in [6, 6.07) is 21.5. The standard InChI is InChI=1S/C27H36O5SSi/c1-4-34(5-2,6-3)26(33(28,29)23-15-11-8-12-16-23)19-22-17-18-24-25(31-22)20-30-27(32-24)21-13-9-7-10-14-21/h7-16,19,22,24-25,27H,4-6,17-18,20H2,1-3H3/b26-19+/t22-,24+,25-,27?/m1/s1. The second kappa shape index (κ2) is 10.9. The molecule has 0 bridgehead atoms. The van der Waals surface area contributed by atoms with E-state index in [4.69, 9.17) is 14.2 Å². The van der Waals surface area contributed by atoms with E-state index in [0.717, 1.165) is 36.5 Å². The lowest BCUT2D eigenvalue weighted by Crippen LogP contribution is -2.48. The molecule has 4 rings (SSSR count). The van der Waals surface area contributed by atoms with Crippen molar-refractivity contribution < 1.29 is 22.6 Å². The molecular formula is C27H36O5SSi. The molecule has 0 N–H and O–H groups in total. The van der Waals surface area contributed by atoms with Gasteiger partial charge in [0.15, 0.2) is 16.1 Å². The Balaban J connectivity index is 1.59. The summed E-state index contributed by atoms with van der Waals surface area (Å²) < 4.78 is 47.0. The highest BCUT2D eigenvalue weighted by atomic mass is 32.2. The highest BCUT2D eigenvalue weighted by Gasteiger charge is 2.42. The monoisotopic (exact) mass is 500 g/mol. The molecule has 0 radical (unpaired) electrons. The van der Waals surface area contributed by atoms with Gasteiger partial charge in [0, 0.05) is 10.1 Å². The van der Waals surface area contributed by atoms with Gasteiger partial charge in [0.1, 0.15) is 14.2 Å². The zero-order valence-electron chi connectivity index (χ0n) is 20.4. The maximum atomic E-state index is 13.9. The van der Waals surface area contributed by atoms with Crippen molar-refractivity contribution in [1.82, 2.24) is 0 Å². The number of hydrogen-bond donors (Lipinski definition) is 0. The van der Waals surface area contributed by atoms with Crippen molar-refractivity contribution in [3.8, 4) is 0 Å². The van der Waals surface area contributed by atoms with E-state index >= 15 is 0 Å². The Kier molecular flexibility index (Phi) is 8.10.